The van der Waals surface area contributed by atoms with Crippen LogP contribution in [0.25, 0.3) is 0 Å². The zero-order chi connectivity index (χ0) is 18.4. The Morgan fingerprint density at radius 1 is 1.24 bits per heavy atom. The van der Waals surface area contributed by atoms with Crippen LogP contribution in [0.5, 0.6) is 0 Å². The van der Waals surface area contributed by atoms with Crippen molar-refractivity contribution < 1.29 is 9.59 Å². The molecule has 1 aromatic rings. The average molecular weight is 346 g/mol. The molecule has 3 amide bonds. The molecule has 0 aromatic heterocycles. The number of carbonyl (C=O) groups is 2. The summed E-state index contributed by atoms with van der Waals surface area (Å²) < 4.78 is 0. The van der Waals surface area contributed by atoms with Gasteiger partial charge < -0.3 is 16.4 Å². The van der Waals surface area contributed by atoms with Crippen LogP contribution in [0.1, 0.15) is 31.9 Å². The summed E-state index contributed by atoms with van der Waals surface area (Å²) in [6.45, 7) is 9.17. The highest BCUT2D eigenvalue weighted by Gasteiger charge is 2.35. The van der Waals surface area contributed by atoms with Crippen molar-refractivity contribution in [1.29, 1.82) is 0 Å². The summed E-state index contributed by atoms with van der Waals surface area (Å²) in [4.78, 5) is 25.2. The Kier molecular flexibility index (Phi) is 6.82. The number of benzene rings is 1. The smallest absolute Gasteiger partial charge is 0.312 e. The van der Waals surface area contributed by atoms with E-state index in [9.17, 15) is 9.59 Å². The van der Waals surface area contributed by atoms with Crippen molar-refractivity contribution in [2.24, 2.45) is 17.6 Å². The first kappa shape index (κ1) is 19.2. The van der Waals surface area contributed by atoms with Gasteiger partial charge in [-0.15, -0.1) is 0 Å². The third-order valence-corrected chi connectivity index (χ3v) is 4.96. The number of likely N-dealkylation sites (tertiary alicyclic amines) is 1. The zero-order valence-corrected chi connectivity index (χ0v) is 15.4. The molecule has 138 valence electrons. The van der Waals surface area contributed by atoms with Crippen LogP contribution in [-0.2, 0) is 17.8 Å². The normalized spacial score (nSPS) is 20.6. The van der Waals surface area contributed by atoms with Crippen molar-refractivity contribution in [1.82, 2.24) is 15.5 Å². The minimum Gasteiger partial charge on any atom is -0.352 e. The Labute approximate surface area is 150 Å². The molecule has 1 fully saturated rings. The molecule has 0 spiro atoms. The van der Waals surface area contributed by atoms with Crippen molar-refractivity contribution in [3.05, 3.63) is 35.4 Å². The third-order valence-electron chi connectivity index (χ3n) is 4.96. The summed E-state index contributed by atoms with van der Waals surface area (Å²) in [5.74, 6) is 0.678. The first-order valence-electron chi connectivity index (χ1n) is 9.02. The van der Waals surface area contributed by atoms with Crippen LogP contribution in [0.2, 0.25) is 0 Å². The third kappa shape index (κ3) is 5.46. The van der Waals surface area contributed by atoms with Gasteiger partial charge in [0.1, 0.15) is 0 Å². The monoisotopic (exact) mass is 346 g/mol. The number of nitrogens with one attached hydrogen (secondary N) is 2. The molecule has 25 heavy (non-hydrogen) atoms. The van der Waals surface area contributed by atoms with Crippen LogP contribution in [0.4, 0.5) is 4.79 Å². The molecular weight excluding hydrogens is 316 g/mol. The molecule has 0 saturated carbocycles. The number of aryl methyl sites for hydroxylation is 1. The van der Waals surface area contributed by atoms with Gasteiger partial charge in [-0.3, -0.25) is 9.69 Å². The fourth-order valence-electron chi connectivity index (χ4n) is 3.59. The van der Waals surface area contributed by atoms with E-state index in [4.69, 9.17) is 5.73 Å². The topological polar surface area (TPSA) is 87.5 Å². The Morgan fingerprint density at radius 3 is 2.52 bits per heavy atom. The van der Waals surface area contributed by atoms with E-state index in [2.05, 4.69) is 60.6 Å². The second-order valence-corrected chi connectivity index (χ2v) is 7.12. The Hall–Kier alpha value is -2.08. The van der Waals surface area contributed by atoms with Crippen molar-refractivity contribution in [3.63, 3.8) is 0 Å². The van der Waals surface area contributed by atoms with E-state index < -0.39 is 6.03 Å². The van der Waals surface area contributed by atoms with Gasteiger partial charge in [0.05, 0.1) is 6.54 Å². The van der Waals surface area contributed by atoms with Gasteiger partial charge in [0, 0.05) is 25.7 Å². The standard InChI is InChI=1S/C19H30N4O2/c1-4-14-7-5-6-8-15(14)10-23-11-16(13(2)3)17(12-23)22-18(24)9-21-19(20)25/h5-8,13,16-17H,4,9-12H2,1-3H3,(H,22,24)(H3,20,21,25)/t16-,17+/m1/s1. The van der Waals surface area contributed by atoms with Gasteiger partial charge in [-0.05, 0) is 29.4 Å². The van der Waals surface area contributed by atoms with Crippen LogP contribution in [0.3, 0.4) is 0 Å². The largest absolute Gasteiger partial charge is 0.352 e. The Balaban J connectivity index is 1.99. The first-order valence-corrected chi connectivity index (χ1v) is 9.02. The highest BCUT2D eigenvalue weighted by atomic mass is 16.2. The van der Waals surface area contributed by atoms with E-state index in [1.54, 1.807) is 0 Å². The number of urea groups is 1. The lowest BCUT2D eigenvalue weighted by molar-refractivity contribution is -0.121. The van der Waals surface area contributed by atoms with Crippen molar-refractivity contribution in [2.45, 2.75) is 39.8 Å². The van der Waals surface area contributed by atoms with E-state index in [0.717, 1.165) is 26.1 Å². The molecule has 0 radical (unpaired) electrons. The molecule has 1 aromatic carbocycles. The SMILES string of the molecule is CCc1ccccc1CN1C[C@H](NC(=O)CNC(N)=O)[C@@H](C(C)C)C1. The minimum atomic E-state index is -0.681. The predicted molar refractivity (Wildman–Crippen MR) is 98.9 cm³/mol. The molecule has 1 aliphatic heterocycles. The lowest BCUT2D eigenvalue weighted by atomic mass is 9.91. The zero-order valence-electron chi connectivity index (χ0n) is 15.4. The Bertz CT molecular complexity index is 603. The Morgan fingerprint density at radius 2 is 1.92 bits per heavy atom. The van der Waals surface area contributed by atoms with E-state index in [1.165, 1.54) is 11.1 Å². The van der Waals surface area contributed by atoms with Gasteiger partial charge in [0.25, 0.3) is 0 Å². The van der Waals surface area contributed by atoms with Gasteiger partial charge in [0.15, 0.2) is 0 Å². The number of amides is 3. The first-order chi connectivity index (χ1) is 11.9. The molecular formula is C19H30N4O2. The number of rotatable bonds is 7. The minimum absolute atomic E-state index is 0.0741. The van der Waals surface area contributed by atoms with Crippen LogP contribution in [0.15, 0.2) is 24.3 Å². The maximum Gasteiger partial charge on any atom is 0.312 e. The van der Waals surface area contributed by atoms with E-state index in [1.807, 2.05) is 0 Å². The summed E-state index contributed by atoms with van der Waals surface area (Å²) in [6, 6.07) is 7.94. The van der Waals surface area contributed by atoms with Crippen LogP contribution in [0, 0.1) is 11.8 Å². The summed E-state index contributed by atoms with van der Waals surface area (Å²) >= 11 is 0. The molecule has 0 unspecified atom stereocenters. The van der Waals surface area contributed by atoms with Gasteiger partial charge >= 0.3 is 6.03 Å². The number of nitrogens with two attached hydrogens (primary N) is 1. The van der Waals surface area contributed by atoms with Crippen LogP contribution < -0.4 is 16.4 Å². The van der Waals surface area contributed by atoms with Gasteiger partial charge in [0.2, 0.25) is 5.91 Å². The molecule has 0 bridgehead atoms. The van der Waals surface area contributed by atoms with Crippen LogP contribution in [-0.4, -0.2) is 42.5 Å². The molecule has 1 heterocycles. The van der Waals surface area contributed by atoms with Crippen molar-refractivity contribution >= 4 is 11.9 Å². The molecule has 1 aliphatic rings. The number of nitrogens with zero attached hydrogens (tertiary/aromatic N) is 1. The quantitative estimate of drug-likeness (QED) is 0.699. The predicted octanol–water partition coefficient (Wildman–Crippen LogP) is 1.49. The van der Waals surface area contributed by atoms with E-state index in [-0.39, 0.29) is 18.5 Å². The molecule has 6 nitrogen and oxygen atoms in total. The second-order valence-electron chi connectivity index (χ2n) is 7.12. The van der Waals surface area contributed by atoms with Crippen LogP contribution >= 0.6 is 0 Å². The summed E-state index contributed by atoms with van der Waals surface area (Å²) in [6.07, 6.45) is 1.02. The van der Waals surface area contributed by atoms with Gasteiger partial charge in [-0.2, -0.15) is 0 Å². The highest BCUT2D eigenvalue weighted by molar-refractivity contribution is 5.83. The van der Waals surface area contributed by atoms with Gasteiger partial charge in [-0.1, -0.05) is 45.0 Å². The molecule has 2 atom stereocenters. The lowest BCUT2D eigenvalue weighted by Crippen LogP contribution is -2.47. The highest BCUT2D eigenvalue weighted by Crippen LogP contribution is 2.26. The summed E-state index contributed by atoms with van der Waals surface area (Å²) in [5.41, 5.74) is 7.75. The van der Waals surface area contributed by atoms with Crippen molar-refractivity contribution in [3.8, 4) is 0 Å². The number of hydrogen-bond acceptors (Lipinski definition) is 3. The molecule has 0 aliphatic carbocycles. The van der Waals surface area contributed by atoms with E-state index >= 15 is 0 Å². The summed E-state index contributed by atoms with van der Waals surface area (Å²) in [5, 5.41) is 5.40. The lowest BCUT2D eigenvalue weighted by Gasteiger charge is -2.23. The fourth-order valence-corrected chi connectivity index (χ4v) is 3.59. The fraction of sp³-hybridized carbons (Fsp3) is 0.579. The van der Waals surface area contributed by atoms with Crippen molar-refractivity contribution in [2.75, 3.05) is 19.6 Å². The molecule has 2 rings (SSSR count). The molecule has 4 N–H and O–H groups in total. The van der Waals surface area contributed by atoms with E-state index in [0.29, 0.717) is 11.8 Å². The van der Waals surface area contributed by atoms with Gasteiger partial charge in [-0.25, -0.2) is 4.79 Å². The maximum absolute atomic E-state index is 12.0. The number of primary amides is 1. The average Bonchev–Trinajstić information content (AvgIpc) is 2.96. The maximum atomic E-state index is 12.0. The second kappa shape index (κ2) is 8.85. The number of hydrogen-bond donors (Lipinski definition) is 3. The molecule has 6 heteroatoms. The summed E-state index contributed by atoms with van der Waals surface area (Å²) in [7, 11) is 0. The number of carbonyl (C=O) groups excluding carboxylic acids is 2. The molecule has 1 saturated heterocycles.